The van der Waals surface area contributed by atoms with E-state index in [1.54, 1.807) is 19.1 Å². The molecule has 0 aliphatic rings. The molecule has 26 heavy (non-hydrogen) atoms. The molecule has 0 saturated heterocycles. The fourth-order valence-electron chi connectivity index (χ4n) is 2.69. The normalized spacial score (nSPS) is 11.4. The Morgan fingerprint density at radius 2 is 1.65 bits per heavy atom. The molecule has 0 unspecified atom stereocenters. The molecule has 0 radical (unpaired) electrons. The van der Waals surface area contributed by atoms with Crippen molar-refractivity contribution in [3.05, 3.63) is 77.6 Å². The third kappa shape index (κ3) is 4.20. The topological polar surface area (TPSA) is 29.0 Å². The van der Waals surface area contributed by atoms with Crippen molar-refractivity contribution in [3.8, 4) is 11.3 Å². The van der Waals surface area contributed by atoms with E-state index in [-0.39, 0.29) is 0 Å². The first-order valence-electron chi connectivity index (χ1n) is 8.11. The van der Waals surface area contributed by atoms with Gasteiger partial charge in [-0.15, -0.1) is 0 Å². The van der Waals surface area contributed by atoms with E-state index in [9.17, 15) is 13.2 Å². The van der Waals surface area contributed by atoms with E-state index in [2.05, 4.69) is 9.97 Å². The van der Waals surface area contributed by atoms with Crippen molar-refractivity contribution in [3.63, 3.8) is 0 Å². The molecule has 0 saturated carbocycles. The lowest BCUT2D eigenvalue weighted by atomic mass is 10.1. The van der Waals surface area contributed by atoms with Gasteiger partial charge in [-0.05, 0) is 24.6 Å². The Morgan fingerprint density at radius 3 is 2.35 bits per heavy atom. The molecular formula is C20H18F3N3. The van der Waals surface area contributed by atoms with Crippen LogP contribution >= 0.6 is 0 Å². The number of rotatable bonds is 4. The number of hydrogen-bond acceptors (Lipinski definition) is 3. The second kappa shape index (κ2) is 7.15. The van der Waals surface area contributed by atoms with Crippen LogP contribution in [0, 0.1) is 6.92 Å². The molecule has 0 fully saturated rings. The van der Waals surface area contributed by atoms with Crippen molar-refractivity contribution in [1.29, 1.82) is 0 Å². The van der Waals surface area contributed by atoms with E-state index >= 15 is 0 Å². The van der Waals surface area contributed by atoms with Crippen LogP contribution in [-0.4, -0.2) is 17.0 Å². The molecule has 0 spiro atoms. The van der Waals surface area contributed by atoms with E-state index < -0.39 is 11.7 Å². The average Bonchev–Trinajstić information content (AvgIpc) is 2.61. The standard InChI is InChI=1S/C20H18F3N3/c1-14-24-18(16-9-6-10-17(11-16)20(21,22)23)12-19(25-14)26(2)13-15-7-4-3-5-8-15/h3-12H,13H2,1-2H3. The number of aromatic nitrogens is 2. The maximum atomic E-state index is 13.0. The zero-order valence-corrected chi connectivity index (χ0v) is 14.5. The first-order chi connectivity index (χ1) is 12.3. The van der Waals surface area contributed by atoms with Crippen molar-refractivity contribution in [2.45, 2.75) is 19.6 Å². The molecule has 1 heterocycles. The predicted octanol–water partition coefficient (Wildman–Crippen LogP) is 5.11. The van der Waals surface area contributed by atoms with Crippen LogP contribution < -0.4 is 4.90 Å². The van der Waals surface area contributed by atoms with Crippen molar-refractivity contribution >= 4 is 5.82 Å². The van der Waals surface area contributed by atoms with Gasteiger partial charge < -0.3 is 4.90 Å². The average molecular weight is 357 g/mol. The first-order valence-corrected chi connectivity index (χ1v) is 8.11. The Kier molecular flexibility index (Phi) is 4.93. The smallest absolute Gasteiger partial charge is 0.355 e. The highest BCUT2D eigenvalue weighted by atomic mass is 19.4. The summed E-state index contributed by atoms with van der Waals surface area (Å²) in [5.41, 5.74) is 1.32. The summed E-state index contributed by atoms with van der Waals surface area (Å²) in [4.78, 5) is 10.7. The molecule has 0 aliphatic carbocycles. The quantitative estimate of drug-likeness (QED) is 0.650. The molecule has 134 valence electrons. The summed E-state index contributed by atoms with van der Waals surface area (Å²) < 4.78 is 38.9. The second-order valence-electron chi connectivity index (χ2n) is 6.08. The Labute approximate surface area is 150 Å². The number of benzene rings is 2. The zero-order chi connectivity index (χ0) is 18.7. The van der Waals surface area contributed by atoms with Gasteiger partial charge in [0.1, 0.15) is 11.6 Å². The highest BCUT2D eigenvalue weighted by Gasteiger charge is 2.30. The molecule has 3 rings (SSSR count). The number of halogens is 3. The number of anilines is 1. The minimum absolute atomic E-state index is 0.416. The molecule has 6 heteroatoms. The Bertz CT molecular complexity index is 892. The Hall–Kier alpha value is -2.89. The minimum Gasteiger partial charge on any atom is -0.355 e. The monoisotopic (exact) mass is 357 g/mol. The van der Waals surface area contributed by atoms with Gasteiger partial charge in [0.15, 0.2) is 0 Å². The van der Waals surface area contributed by atoms with Crippen molar-refractivity contribution in [2.24, 2.45) is 0 Å². The van der Waals surface area contributed by atoms with Gasteiger partial charge in [-0.3, -0.25) is 0 Å². The van der Waals surface area contributed by atoms with E-state index in [0.29, 0.717) is 29.4 Å². The van der Waals surface area contributed by atoms with E-state index in [1.807, 2.05) is 42.3 Å². The highest BCUT2D eigenvalue weighted by Crippen LogP contribution is 2.32. The van der Waals surface area contributed by atoms with Crippen molar-refractivity contribution in [1.82, 2.24) is 9.97 Å². The van der Waals surface area contributed by atoms with Crippen molar-refractivity contribution < 1.29 is 13.2 Å². The SMILES string of the molecule is Cc1nc(-c2cccc(C(F)(F)F)c2)cc(N(C)Cc2ccccc2)n1. The minimum atomic E-state index is -4.38. The molecule has 1 aromatic heterocycles. The summed E-state index contributed by atoms with van der Waals surface area (Å²) in [6, 6.07) is 16.8. The summed E-state index contributed by atoms with van der Waals surface area (Å²) in [6.07, 6.45) is -4.38. The molecule has 0 aliphatic heterocycles. The van der Waals surface area contributed by atoms with Crippen LogP contribution in [0.2, 0.25) is 0 Å². The van der Waals surface area contributed by atoms with E-state index in [4.69, 9.17) is 0 Å². The van der Waals surface area contributed by atoms with Crippen molar-refractivity contribution in [2.75, 3.05) is 11.9 Å². The van der Waals surface area contributed by atoms with Crippen LogP contribution in [0.5, 0.6) is 0 Å². The first kappa shape index (κ1) is 17.9. The Balaban J connectivity index is 1.93. The van der Waals surface area contributed by atoms with Gasteiger partial charge in [0.25, 0.3) is 0 Å². The third-order valence-electron chi connectivity index (χ3n) is 3.96. The summed E-state index contributed by atoms with van der Waals surface area (Å²) in [7, 11) is 1.89. The molecule has 0 N–H and O–H groups in total. The Morgan fingerprint density at radius 1 is 0.923 bits per heavy atom. The lowest BCUT2D eigenvalue weighted by molar-refractivity contribution is -0.137. The van der Waals surface area contributed by atoms with Crippen LogP contribution in [0.15, 0.2) is 60.7 Å². The number of nitrogens with zero attached hydrogens (tertiary/aromatic N) is 3. The van der Waals surface area contributed by atoms with Crippen LogP contribution in [0.3, 0.4) is 0 Å². The summed E-state index contributed by atoms with van der Waals surface area (Å²) in [5, 5.41) is 0. The van der Waals surface area contributed by atoms with Crippen LogP contribution in [-0.2, 0) is 12.7 Å². The molecule has 3 nitrogen and oxygen atoms in total. The van der Waals surface area contributed by atoms with Crippen LogP contribution in [0.1, 0.15) is 17.0 Å². The van der Waals surface area contributed by atoms with Gasteiger partial charge in [0.2, 0.25) is 0 Å². The molecule has 2 aromatic carbocycles. The molecule has 3 aromatic rings. The number of hydrogen-bond donors (Lipinski definition) is 0. The largest absolute Gasteiger partial charge is 0.416 e. The second-order valence-corrected chi connectivity index (χ2v) is 6.08. The molecular weight excluding hydrogens is 339 g/mol. The van der Waals surface area contributed by atoms with Gasteiger partial charge in [-0.2, -0.15) is 13.2 Å². The van der Waals surface area contributed by atoms with Gasteiger partial charge in [-0.1, -0.05) is 42.5 Å². The van der Waals surface area contributed by atoms with Crippen LogP contribution in [0.25, 0.3) is 11.3 Å². The summed E-state index contributed by atoms with van der Waals surface area (Å²) in [6.45, 7) is 2.37. The van der Waals surface area contributed by atoms with Gasteiger partial charge in [0.05, 0.1) is 11.3 Å². The molecule has 0 atom stereocenters. The third-order valence-corrected chi connectivity index (χ3v) is 3.96. The van der Waals surface area contributed by atoms with Crippen LogP contribution in [0.4, 0.5) is 19.0 Å². The maximum Gasteiger partial charge on any atom is 0.416 e. The van der Waals surface area contributed by atoms with E-state index in [1.165, 1.54) is 6.07 Å². The van der Waals surface area contributed by atoms with Gasteiger partial charge in [-0.25, -0.2) is 9.97 Å². The lowest BCUT2D eigenvalue weighted by Gasteiger charge is -2.19. The van der Waals surface area contributed by atoms with E-state index in [0.717, 1.165) is 17.7 Å². The van der Waals surface area contributed by atoms with Gasteiger partial charge in [0, 0.05) is 25.2 Å². The fraction of sp³-hybridized carbons (Fsp3) is 0.200. The highest BCUT2D eigenvalue weighted by molar-refractivity contribution is 5.64. The molecule has 0 bridgehead atoms. The molecule has 0 amide bonds. The predicted molar refractivity (Wildman–Crippen MR) is 95.8 cm³/mol. The number of aryl methyl sites for hydroxylation is 1. The summed E-state index contributed by atoms with van der Waals surface area (Å²) in [5.74, 6) is 1.17. The fourth-order valence-corrected chi connectivity index (χ4v) is 2.69. The number of alkyl halides is 3. The van der Waals surface area contributed by atoms with Gasteiger partial charge >= 0.3 is 6.18 Å². The summed E-state index contributed by atoms with van der Waals surface area (Å²) >= 11 is 0. The maximum absolute atomic E-state index is 13.0. The lowest BCUT2D eigenvalue weighted by Crippen LogP contribution is -2.18. The zero-order valence-electron chi connectivity index (χ0n) is 14.5.